The van der Waals surface area contributed by atoms with Gasteiger partial charge in [0.2, 0.25) is 5.60 Å². The van der Waals surface area contributed by atoms with Crippen molar-refractivity contribution in [3.8, 4) is 11.5 Å². The van der Waals surface area contributed by atoms with Crippen molar-refractivity contribution in [2.45, 2.75) is 30.9 Å². The number of thioether (sulfide) groups is 1. The molecular weight excluding hydrogens is 624 g/mol. The molecule has 1 unspecified atom stereocenters. The lowest BCUT2D eigenvalue weighted by molar-refractivity contribution is -0.161. The molecule has 1 aromatic heterocycles. The van der Waals surface area contributed by atoms with Gasteiger partial charge in [-0.15, -0.1) is 23.1 Å². The van der Waals surface area contributed by atoms with Gasteiger partial charge in [-0.2, -0.15) is 0 Å². The van der Waals surface area contributed by atoms with Crippen molar-refractivity contribution in [3.05, 3.63) is 45.6 Å². The summed E-state index contributed by atoms with van der Waals surface area (Å²) in [5, 5.41) is 45.5. The fourth-order valence-corrected chi connectivity index (χ4v) is 6.35. The number of thiazole rings is 1. The number of rotatable bonds is 9. The molecule has 3 aliphatic rings. The third kappa shape index (κ3) is 5.04. The first kappa shape index (κ1) is 30.3. The predicted octanol–water partition coefficient (Wildman–Crippen LogP) is -0.245. The molecule has 2 aromatic rings. The third-order valence-electron chi connectivity index (χ3n) is 6.81. The summed E-state index contributed by atoms with van der Waals surface area (Å²) >= 11 is 2.03. The van der Waals surface area contributed by atoms with E-state index in [2.05, 4.69) is 15.5 Å². The number of aliphatic carboxylic acids is 2. The summed E-state index contributed by atoms with van der Waals surface area (Å²) in [6, 6.07) is 0.628. The number of hydrogen-bond donors (Lipinski definition) is 6. The number of nitrogens with zero attached hydrogens (tertiary/aromatic N) is 4. The van der Waals surface area contributed by atoms with Crippen LogP contribution in [0.1, 0.15) is 40.3 Å². The molecule has 4 amide bonds. The SMILES string of the molecule is CC(C)(O/N=C(\C(=O)NC1C(=O)N2C(C(=O)O)=C(CN3C(=O)c4cc(O)c(O)cc4C3=O)CS[C@H]12)c1csc(N)n1)C(=O)O. The molecule has 1 aromatic carbocycles. The van der Waals surface area contributed by atoms with Crippen molar-refractivity contribution < 1.29 is 54.0 Å². The maximum atomic E-state index is 13.2. The van der Waals surface area contributed by atoms with E-state index in [0.29, 0.717) is 0 Å². The molecule has 19 heteroatoms. The van der Waals surface area contributed by atoms with Gasteiger partial charge in [0.15, 0.2) is 22.3 Å². The number of β-lactam (4-membered cyclic amide) rings is 1. The highest BCUT2D eigenvalue weighted by molar-refractivity contribution is 8.00. The Kier molecular flexibility index (Phi) is 7.46. The number of nitrogens with one attached hydrogen (secondary N) is 1. The Morgan fingerprint density at radius 3 is 2.27 bits per heavy atom. The van der Waals surface area contributed by atoms with Crippen molar-refractivity contribution in [3.63, 3.8) is 0 Å². The zero-order chi connectivity index (χ0) is 32.2. The molecule has 2 atom stereocenters. The second-order valence-corrected chi connectivity index (χ2v) is 12.1. The molecular formula is C25H22N6O11S2. The molecule has 230 valence electrons. The largest absolute Gasteiger partial charge is 0.504 e. The van der Waals surface area contributed by atoms with Gasteiger partial charge in [-0.3, -0.25) is 29.0 Å². The molecule has 7 N–H and O–H groups in total. The summed E-state index contributed by atoms with van der Waals surface area (Å²) in [5.74, 6) is -7.60. The van der Waals surface area contributed by atoms with Gasteiger partial charge in [0, 0.05) is 11.1 Å². The Morgan fingerprint density at radius 1 is 1.14 bits per heavy atom. The van der Waals surface area contributed by atoms with Crippen LogP contribution in [0.5, 0.6) is 11.5 Å². The first-order chi connectivity index (χ1) is 20.6. The van der Waals surface area contributed by atoms with Crippen LogP contribution in [0.4, 0.5) is 5.13 Å². The molecule has 3 aliphatic heterocycles. The molecule has 5 rings (SSSR count). The van der Waals surface area contributed by atoms with Gasteiger partial charge in [0.1, 0.15) is 22.8 Å². The first-order valence-corrected chi connectivity index (χ1v) is 14.4. The fourth-order valence-electron chi connectivity index (χ4n) is 4.46. The quantitative estimate of drug-likeness (QED) is 0.0675. The van der Waals surface area contributed by atoms with Gasteiger partial charge in [-0.05, 0) is 31.6 Å². The van der Waals surface area contributed by atoms with Crippen molar-refractivity contribution >= 4 is 69.5 Å². The predicted molar refractivity (Wildman–Crippen MR) is 151 cm³/mol. The van der Waals surface area contributed by atoms with E-state index in [0.717, 1.165) is 45.0 Å². The second-order valence-electron chi connectivity index (χ2n) is 10.1. The minimum atomic E-state index is -1.83. The monoisotopic (exact) mass is 646 g/mol. The number of imide groups is 1. The number of aromatic nitrogens is 1. The number of nitrogens with two attached hydrogens (primary N) is 1. The maximum Gasteiger partial charge on any atom is 0.352 e. The number of aromatic hydroxyl groups is 2. The number of phenols is 2. The van der Waals surface area contributed by atoms with E-state index in [1.54, 1.807) is 0 Å². The third-order valence-corrected chi connectivity index (χ3v) is 8.82. The molecule has 17 nitrogen and oxygen atoms in total. The zero-order valence-electron chi connectivity index (χ0n) is 22.6. The number of carboxylic acid groups (broad SMARTS) is 2. The molecule has 0 bridgehead atoms. The number of carboxylic acids is 2. The van der Waals surface area contributed by atoms with Crippen LogP contribution in [0, 0.1) is 0 Å². The number of hydrogen-bond acceptors (Lipinski definition) is 14. The summed E-state index contributed by atoms with van der Waals surface area (Å²) in [7, 11) is 0. The summed E-state index contributed by atoms with van der Waals surface area (Å²) in [6.07, 6.45) is 0. The molecule has 0 spiro atoms. The molecule has 0 saturated carbocycles. The van der Waals surface area contributed by atoms with Crippen LogP contribution in [-0.2, 0) is 24.0 Å². The molecule has 1 saturated heterocycles. The Bertz CT molecular complexity index is 1690. The number of amides is 4. The summed E-state index contributed by atoms with van der Waals surface area (Å²) in [5.41, 5.74) is 2.53. The van der Waals surface area contributed by atoms with Crippen molar-refractivity contribution in [1.29, 1.82) is 0 Å². The number of fused-ring (bicyclic) bond motifs is 2. The molecule has 4 heterocycles. The van der Waals surface area contributed by atoms with Gasteiger partial charge in [-0.25, -0.2) is 14.6 Å². The number of phenolic OH excluding ortho intramolecular Hbond substituents is 2. The van der Waals surface area contributed by atoms with E-state index >= 15 is 0 Å². The van der Waals surface area contributed by atoms with Crippen molar-refractivity contribution in [1.82, 2.24) is 20.1 Å². The topological polar surface area (TPSA) is 262 Å². The molecule has 0 radical (unpaired) electrons. The highest BCUT2D eigenvalue weighted by atomic mass is 32.2. The number of carbonyl (C=O) groups is 6. The lowest BCUT2D eigenvalue weighted by atomic mass is 10.0. The first-order valence-electron chi connectivity index (χ1n) is 12.5. The second kappa shape index (κ2) is 10.8. The normalized spacial score (nSPS) is 19.9. The Balaban J connectivity index is 1.37. The number of benzene rings is 1. The maximum absolute atomic E-state index is 13.2. The van der Waals surface area contributed by atoms with E-state index in [1.165, 1.54) is 19.2 Å². The minimum absolute atomic E-state index is 0.0498. The van der Waals surface area contributed by atoms with E-state index in [1.807, 2.05) is 0 Å². The zero-order valence-corrected chi connectivity index (χ0v) is 24.3. The Hall–Kier alpha value is -5.17. The number of carbonyl (C=O) groups excluding carboxylic acids is 4. The number of anilines is 1. The van der Waals surface area contributed by atoms with Gasteiger partial charge in [-0.1, -0.05) is 5.16 Å². The smallest absolute Gasteiger partial charge is 0.352 e. The number of oxime groups is 1. The average Bonchev–Trinajstić information content (AvgIpc) is 3.48. The van der Waals surface area contributed by atoms with Crippen molar-refractivity contribution in [2.24, 2.45) is 5.16 Å². The summed E-state index contributed by atoms with van der Waals surface area (Å²) in [6.45, 7) is 1.90. The molecule has 1 fully saturated rings. The van der Waals surface area contributed by atoms with Gasteiger partial charge < -0.3 is 36.3 Å². The van der Waals surface area contributed by atoms with E-state index in [-0.39, 0.29) is 33.3 Å². The molecule has 44 heavy (non-hydrogen) atoms. The fraction of sp³-hybridized carbons (Fsp3) is 0.280. The van der Waals surface area contributed by atoms with Crippen LogP contribution < -0.4 is 11.1 Å². The lowest BCUT2D eigenvalue weighted by Gasteiger charge is -2.49. The van der Waals surface area contributed by atoms with Gasteiger partial charge in [0.25, 0.3) is 23.6 Å². The Labute approximate surface area is 254 Å². The minimum Gasteiger partial charge on any atom is -0.504 e. The van der Waals surface area contributed by atoms with E-state index < -0.39 is 82.0 Å². The highest BCUT2D eigenvalue weighted by Gasteiger charge is 2.55. The van der Waals surface area contributed by atoms with Crippen LogP contribution in [-0.4, -0.2) is 106 Å². The van der Waals surface area contributed by atoms with Gasteiger partial charge in [0.05, 0.1) is 17.7 Å². The van der Waals surface area contributed by atoms with Crippen LogP contribution in [0.2, 0.25) is 0 Å². The van der Waals surface area contributed by atoms with E-state index in [9.17, 15) is 49.2 Å². The van der Waals surface area contributed by atoms with Crippen LogP contribution in [0.15, 0.2) is 33.9 Å². The average molecular weight is 647 g/mol. The summed E-state index contributed by atoms with van der Waals surface area (Å²) in [4.78, 5) is 86.6. The number of nitrogen functional groups attached to an aromatic ring is 1. The van der Waals surface area contributed by atoms with Crippen LogP contribution in [0.3, 0.4) is 0 Å². The lowest BCUT2D eigenvalue weighted by Crippen LogP contribution is -2.71. The standard InChI is InChI=1S/C25H22N6O11S2/c1-25(2,23(40)41)42-29-14(11-7-44-24(26)27-11)17(34)28-15-20(37)31-16(22(38)39)8(6-43-21(15)31)5-30-18(35)9-3-12(32)13(33)4-10(9)19(30)36/h3-4,7,15,21,32-33H,5-6H2,1-2H3,(H2,26,27)(H,28,34)(H,38,39)(H,40,41)/b29-14-/t15?,21-/m1/s1. The van der Waals surface area contributed by atoms with Crippen LogP contribution >= 0.6 is 23.1 Å². The van der Waals surface area contributed by atoms with Crippen LogP contribution in [0.25, 0.3) is 0 Å². The van der Waals surface area contributed by atoms with Crippen molar-refractivity contribution in [2.75, 3.05) is 18.0 Å². The summed E-state index contributed by atoms with van der Waals surface area (Å²) < 4.78 is 0. The highest BCUT2D eigenvalue weighted by Crippen LogP contribution is 2.41. The molecule has 0 aliphatic carbocycles. The Morgan fingerprint density at radius 2 is 1.75 bits per heavy atom. The van der Waals surface area contributed by atoms with E-state index in [4.69, 9.17) is 10.6 Å². The van der Waals surface area contributed by atoms with Gasteiger partial charge >= 0.3 is 11.9 Å².